The number of hydrogen-bond acceptors (Lipinski definition) is 5. The third kappa shape index (κ3) is 3.82. The number of likely N-dealkylation sites (tertiary alicyclic amines) is 1. The van der Waals surface area contributed by atoms with Gasteiger partial charge in [0, 0.05) is 26.2 Å². The van der Waals surface area contributed by atoms with Gasteiger partial charge in [0.15, 0.2) is 0 Å². The Hall–Kier alpha value is -2.22. The van der Waals surface area contributed by atoms with Gasteiger partial charge in [-0.3, -0.25) is 4.90 Å². The van der Waals surface area contributed by atoms with Crippen LogP contribution >= 0.6 is 0 Å². The number of methoxy groups -OCH3 is 1. The maximum Gasteiger partial charge on any atom is 0.243 e. The van der Waals surface area contributed by atoms with Crippen LogP contribution in [0.2, 0.25) is 0 Å². The van der Waals surface area contributed by atoms with E-state index < -0.39 is 10.0 Å². The molecule has 2 aromatic rings. The van der Waals surface area contributed by atoms with Crippen LogP contribution in [0.1, 0.15) is 24.4 Å². The first kappa shape index (κ1) is 20.1. The molecule has 7 heteroatoms. The van der Waals surface area contributed by atoms with E-state index in [0.717, 1.165) is 37.8 Å². The first-order valence-corrected chi connectivity index (χ1v) is 11.3. The molecule has 1 unspecified atom stereocenters. The number of hydrogen-bond donors (Lipinski definition) is 0. The van der Waals surface area contributed by atoms with Gasteiger partial charge in [-0.05, 0) is 48.1 Å². The summed E-state index contributed by atoms with van der Waals surface area (Å²) >= 11 is 0. The second kappa shape index (κ2) is 7.89. The monoisotopic (exact) mass is 414 g/mol. The van der Waals surface area contributed by atoms with E-state index in [4.69, 9.17) is 4.74 Å². The summed E-state index contributed by atoms with van der Waals surface area (Å²) in [6.07, 6.45) is 2.64. The van der Waals surface area contributed by atoms with Gasteiger partial charge < -0.3 is 9.53 Å². The third-order valence-electron chi connectivity index (χ3n) is 6.22. The lowest BCUT2D eigenvalue weighted by Gasteiger charge is -2.55. The molecule has 2 aliphatic rings. The van der Waals surface area contributed by atoms with Gasteiger partial charge in [0.05, 0.1) is 18.0 Å². The van der Waals surface area contributed by atoms with Crippen molar-refractivity contribution >= 4 is 16.3 Å². The summed E-state index contributed by atoms with van der Waals surface area (Å²) in [5.74, 6) is 0.638. The van der Waals surface area contributed by atoms with Crippen LogP contribution in [0.25, 0.3) is 0 Å². The Morgan fingerprint density at radius 2 is 1.62 bits per heavy atom. The van der Waals surface area contributed by atoms with E-state index in [1.165, 1.54) is 0 Å². The van der Waals surface area contributed by atoms with E-state index in [2.05, 4.69) is 4.90 Å². The van der Waals surface area contributed by atoms with Crippen molar-refractivity contribution in [3.8, 4) is 5.75 Å². The highest BCUT2D eigenvalue weighted by Gasteiger charge is 2.48. The van der Waals surface area contributed by atoms with Gasteiger partial charge in [-0.25, -0.2) is 8.42 Å². The second-order valence-electron chi connectivity index (χ2n) is 7.98. The highest BCUT2D eigenvalue weighted by molar-refractivity contribution is 7.89. The fourth-order valence-corrected chi connectivity index (χ4v) is 5.89. The molecule has 29 heavy (non-hydrogen) atoms. The van der Waals surface area contributed by atoms with Gasteiger partial charge in [0.25, 0.3) is 0 Å². The molecule has 1 spiro atoms. The number of rotatable bonds is 6. The summed E-state index contributed by atoms with van der Waals surface area (Å²) in [7, 11) is -1.93. The number of carbonyl (C=O) groups is 1. The summed E-state index contributed by atoms with van der Waals surface area (Å²) < 4.78 is 32.6. The van der Waals surface area contributed by atoms with Crippen LogP contribution in [-0.4, -0.2) is 57.2 Å². The molecular weight excluding hydrogens is 388 g/mol. The highest BCUT2D eigenvalue weighted by atomic mass is 32.2. The zero-order valence-electron chi connectivity index (χ0n) is 16.5. The highest BCUT2D eigenvalue weighted by Crippen LogP contribution is 2.44. The van der Waals surface area contributed by atoms with Gasteiger partial charge in [0.1, 0.15) is 12.0 Å². The van der Waals surface area contributed by atoms with Crippen LogP contribution in [0, 0.1) is 5.41 Å². The summed E-state index contributed by atoms with van der Waals surface area (Å²) in [6.45, 7) is 2.70. The minimum absolute atomic E-state index is 0.113. The van der Waals surface area contributed by atoms with Gasteiger partial charge >= 0.3 is 0 Å². The first-order chi connectivity index (χ1) is 14.0. The Morgan fingerprint density at radius 3 is 2.17 bits per heavy atom. The molecule has 1 atom stereocenters. The Kier molecular flexibility index (Phi) is 5.46. The quantitative estimate of drug-likeness (QED) is 0.680. The molecular formula is C22H26N2O4S. The van der Waals surface area contributed by atoms with E-state index in [0.29, 0.717) is 23.7 Å². The predicted octanol–water partition coefficient (Wildman–Crippen LogP) is 2.72. The standard InChI is InChI=1S/C22H26N2O4S/c1-28-19-7-9-20(10-8-19)29(26,27)24-13-11-22(12-14-24)16-23(17-22)21(15-25)18-5-3-2-4-6-18/h2-10,15,21H,11-14,16-17H2,1H3. The summed E-state index contributed by atoms with van der Waals surface area (Å²) in [4.78, 5) is 14.1. The topological polar surface area (TPSA) is 66.9 Å². The number of benzene rings is 2. The van der Waals surface area contributed by atoms with Gasteiger partial charge in [-0.2, -0.15) is 4.31 Å². The Morgan fingerprint density at radius 1 is 1.00 bits per heavy atom. The molecule has 2 aromatic carbocycles. The van der Waals surface area contributed by atoms with Crippen molar-refractivity contribution in [3.63, 3.8) is 0 Å². The van der Waals surface area contributed by atoms with E-state index in [-0.39, 0.29) is 11.5 Å². The number of carbonyl (C=O) groups excluding carboxylic acids is 1. The summed E-state index contributed by atoms with van der Waals surface area (Å²) in [5.41, 5.74) is 1.12. The largest absolute Gasteiger partial charge is 0.497 e. The van der Waals surface area contributed by atoms with Crippen molar-refractivity contribution < 1.29 is 17.9 Å². The van der Waals surface area contributed by atoms with Crippen molar-refractivity contribution in [2.24, 2.45) is 5.41 Å². The summed E-state index contributed by atoms with van der Waals surface area (Å²) in [5, 5.41) is 0. The minimum atomic E-state index is -3.49. The molecule has 2 saturated heterocycles. The SMILES string of the molecule is COc1ccc(S(=O)(=O)N2CCC3(CC2)CN(C(C=O)c2ccccc2)C3)cc1. The van der Waals surface area contributed by atoms with Crippen molar-refractivity contribution in [3.05, 3.63) is 60.2 Å². The molecule has 0 bridgehead atoms. The second-order valence-corrected chi connectivity index (χ2v) is 9.91. The summed E-state index contributed by atoms with van der Waals surface area (Å²) in [6, 6.07) is 16.1. The molecule has 2 aliphatic heterocycles. The lowest BCUT2D eigenvalue weighted by Crippen LogP contribution is -2.61. The van der Waals surface area contributed by atoms with Crippen LogP contribution in [0.3, 0.4) is 0 Å². The average Bonchev–Trinajstić information content (AvgIpc) is 2.74. The number of piperidine rings is 1. The minimum Gasteiger partial charge on any atom is -0.497 e. The number of sulfonamides is 1. The fourth-order valence-electron chi connectivity index (χ4n) is 4.45. The Balaban J connectivity index is 1.38. The van der Waals surface area contributed by atoms with Crippen molar-refractivity contribution in [1.29, 1.82) is 0 Å². The molecule has 0 amide bonds. The van der Waals surface area contributed by atoms with Gasteiger partial charge in [0.2, 0.25) is 10.0 Å². The fraction of sp³-hybridized carbons (Fsp3) is 0.409. The van der Waals surface area contributed by atoms with E-state index in [1.54, 1.807) is 35.7 Å². The molecule has 4 rings (SSSR count). The van der Waals surface area contributed by atoms with E-state index >= 15 is 0 Å². The first-order valence-electron chi connectivity index (χ1n) is 9.86. The van der Waals surface area contributed by atoms with Crippen LogP contribution in [0.4, 0.5) is 0 Å². The number of nitrogens with zero attached hydrogens (tertiary/aromatic N) is 2. The molecule has 2 heterocycles. The van der Waals surface area contributed by atoms with Gasteiger partial charge in [-0.15, -0.1) is 0 Å². The molecule has 0 N–H and O–H groups in total. The van der Waals surface area contributed by atoms with Crippen molar-refractivity contribution in [2.75, 3.05) is 33.3 Å². The van der Waals surface area contributed by atoms with E-state index in [1.807, 2.05) is 30.3 Å². The number of aldehydes is 1. The maximum absolute atomic E-state index is 12.9. The third-order valence-corrected chi connectivity index (χ3v) is 8.13. The number of ether oxygens (including phenoxy) is 1. The average molecular weight is 415 g/mol. The van der Waals surface area contributed by atoms with E-state index in [9.17, 15) is 13.2 Å². The zero-order chi connectivity index (χ0) is 20.5. The lowest BCUT2D eigenvalue weighted by atomic mass is 9.71. The molecule has 0 aromatic heterocycles. The smallest absolute Gasteiger partial charge is 0.243 e. The maximum atomic E-state index is 12.9. The molecule has 6 nitrogen and oxygen atoms in total. The molecule has 0 saturated carbocycles. The molecule has 154 valence electrons. The normalized spacial score (nSPS) is 20.7. The van der Waals surface area contributed by atoms with Crippen molar-refractivity contribution in [1.82, 2.24) is 9.21 Å². The van der Waals surface area contributed by atoms with Crippen LogP contribution in [-0.2, 0) is 14.8 Å². The lowest BCUT2D eigenvalue weighted by molar-refractivity contribution is -0.121. The predicted molar refractivity (Wildman–Crippen MR) is 110 cm³/mol. The Bertz CT molecular complexity index is 944. The zero-order valence-corrected chi connectivity index (χ0v) is 17.3. The van der Waals surface area contributed by atoms with Gasteiger partial charge in [-0.1, -0.05) is 30.3 Å². The van der Waals surface area contributed by atoms with Crippen molar-refractivity contribution in [2.45, 2.75) is 23.8 Å². The van der Waals surface area contributed by atoms with Crippen LogP contribution in [0.5, 0.6) is 5.75 Å². The molecule has 0 aliphatic carbocycles. The van der Waals surface area contributed by atoms with Crippen LogP contribution in [0.15, 0.2) is 59.5 Å². The molecule has 0 radical (unpaired) electrons. The Labute approximate surface area is 172 Å². The molecule has 2 fully saturated rings. The van der Waals surface area contributed by atoms with Crippen LogP contribution < -0.4 is 4.74 Å².